The first kappa shape index (κ1) is 24.2. The van der Waals surface area contributed by atoms with Gasteiger partial charge in [-0.1, -0.05) is 18.9 Å². The van der Waals surface area contributed by atoms with Crippen molar-refractivity contribution in [1.29, 1.82) is 0 Å². The van der Waals surface area contributed by atoms with Crippen molar-refractivity contribution in [2.24, 2.45) is 0 Å². The number of benzene rings is 2. The maximum absolute atomic E-state index is 5.69. The summed E-state index contributed by atoms with van der Waals surface area (Å²) < 4.78 is 0.972. The number of halogens is 2. The SMILES string of the molecule is C[C](=[Fe+])c1ccc2ccc3cccnc3c2n1.Cc1[c-]c(Cl)cc(C)c1.Cl.N. The van der Waals surface area contributed by atoms with E-state index in [1.807, 2.05) is 45.0 Å². The number of rotatable bonds is 1. The van der Waals surface area contributed by atoms with Crippen molar-refractivity contribution >= 4 is 50.2 Å². The van der Waals surface area contributed by atoms with Crippen LogP contribution in [0.5, 0.6) is 0 Å². The molecule has 3 N–H and O–H groups in total. The Labute approximate surface area is 184 Å². The molecule has 28 heavy (non-hydrogen) atoms. The van der Waals surface area contributed by atoms with E-state index < -0.39 is 0 Å². The van der Waals surface area contributed by atoms with E-state index in [1.54, 1.807) is 6.20 Å². The topological polar surface area (TPSA) is 60.8 Å². The molecule has 0 saturated heterocycles. The van der Waals surface area contributed by atoms with Gasteiger partial charge < -0.3 is 6.15 Å². The molecule has 4 aromatic rings. The van der Waals surface area contributed by atoms with Gasteiger partial charge in [0.05, 0.1) is 0 Å². The van der Waals surface area contributed by atoms with Gasteiger partial charge in [-0.25, -0.2) is 0 Å². The molecule has 0 spiro atoms. The number of hydrogen-bond acceptors (Lipinski definition) is 3. The maximum Gasteiger partial charge on any atom is -0.0625 e. The van der Waals surface area contributed by atoms with E-state index in [2.05, 4.69) is 55.9 Å². The molecule has 3 nitrogen and oxygen atoms in total. The van der Waals surface area contributed by atoms with Gasteiger partial charge in [0.2, 0.25) is 0 Å². The molecule has 2 heterocycles. The fourth-order valence-corrected chi connectivity index (χ4v) is 3.23. The summed E-state index contributed by atoms with van der Waals surface area (Å²) >= 11 is 9.62. The molecular weight excluding hydrogens is 433 g/mol. The molecule has 0 fully saturated rings. The predicted molar refractivity (Wildman–Crippen MR) is 119 cm³/mol. The van der Waals surface area contributed by atoms with Crippen molar-refractivity contribution in [3.63, 3.8) is 0 Å². The predicted octanol–water partition coefficient (Wildman–Crippen LogP) is 6.21. The maximum atomic E-state index is 5.69. The van der Waals surface area contributed by atoms with Crippen LogP contribution in [0.25, 0.3) is 21.8 Å². The van der Waals surface area contributed by atoms with Gasteiger partial charge in [0, 0.05) is 0 Å². The van der Waals surface area contributed by atoms with Crippen LogP contribution in [0.2, 0.25) is 5.02 Å². The molecule has 147 valence electrons. The summed E-state index contributed by atoms with van der Waals surface area (Å²) in [6, 6.07) is 19.1. The van der Waals surface area contributed by atoms with E-state index in [1.165, 1.54) is 5.56 Å². The molecule has 6 heteroatoms. The molecule has 0 bridgehead atoms. The van der Waals surface area contributed by atoms with Crippen LogP contribution < -0.4 is 6.15 Å². The zero-order valence-electron chi connectivity index (χ0n) is 15.9. The largest absolute Gasteiger partial charge is 0.344 e. The Morgan fingerprint density at radius 3 is 2.25 bits per heavy atom. The Kier molecular flexibility index (Phi) is 9.22. The van der Waals surface area contributed by atoms with E-state index in [0.29, 0.717) is 5.02 Å². The van der Waals surface area contributed by atoms with Crippen LogP contribution in [-0.2, 0) is 15.6 Å². The third kappa shape index (κ3) is 5.84. The minimum absolute atomic E-state index is 0. The Morgan fingerprint density at radius 1 is 1.00 bits per heavy atom. The standard InChI is InChI=1S/C14H10N2.C8H8Cl.ClH.Fe.H3N/c1-2-12-8-7-11-6-5-10-4-3-9-15-13(10)14(11)16-12;1-6-3-7(2)5-8(9)4-6;;;/h3-9H,1H3;3-4H,1-2H3;1H;;1H3/q;-1;;+1;. The number of pyridine rings is 2. The second-order valence-corrected chi connectivity index (χ2v) is 7.35. The smallest absolute Gasteiger partial charge is 0.0625 e. The molecule has 0 aliphatic carbocycles. The van der Waals surface area contributed by atoms with Gasteiger partial charge in [-0.05, 0) is 0 Å². The van der Waals surface area contributed by atoms with E-state index in [9.17, 15) is 0 Å². The quantitative estimate of drug-likeness (QED) is 0.211. The van der Waals surface area contributed by atoms with Crippen LogP contribution in [0.15, 0.2) is 54.7 Å². The Hall–Kier alpha value is -1.81. The van der Waals surface area contributed by atoms with Gasteiger partial charge in [0.15, 0.2) is 0 Å². The fourth-order valence-electron chi connectivity index (χ4n) is 2.76. The molecular formula is C22H22Cl2FeN3. The van der Waals surface area contributed by atoms with Crippen molar-refractivity contribution in [1.82, 2.24) is 16.1 Å². The summed E-state index contributed by atoms with van der Waals surface area (Å²) in [4.78, 5) is 9.06. The van der Waals surface area contributed by atoms with Gasteiger partial charge in [-0.3, -0.25) is 0 Å². The first-order valence-electron chi connectivity index (χ1n) is 8.23. The average molecular weight is 455 g/mol. The Morgan fingerprint density at radius 2 is 1.64 bits per heavy atom. The third-order valence-electron chi connectivity index (χ3n) is 3.89. The van der Waals surface area contributed by atoms with Gasteiger partial charge in [-0.2, -0.15) is 23.3 Å². The van der Waals surface area contributed by atoms with Crippen molar-refractivity contribution in [3.8, 4) is 0 Å². The minimum Gasteiger partial charge on any atom is -0.344 e. The first-order chi connectivity index (χ1) is 12.4. The second-order valence-electron chi connectivity index (χ2n) is 6.11. The molecule has 0 saturated carbocycles. The number of fused-ring (bicyclic) bond motifs is 3. The molecule has 0 aliphatic rings. The van der Waals surface area contributed by atoms with Crippen LogP contribution in [0.4, 0.5) is 0 Å². The number of aromatic nitrogens is 2. The van der Waals surface area contributed by atoms with Gasteiger partial charge in [0.1, 0.15) is 0 Å². The Bertz CT molecular complexity index is 1060. The monoisotopic (exact) mass is 454 g/mol. The molecule has 4 rings (SSSR count). The summed E-state index contributed by atoms with van der Waals surface area (Å²) in [5, 5.41) is 2.93. The second kappa shape index (κ2) is 10.7. The van der Waals surface area contributed by atoms with Crippen LogP contribution in [0.3, 0.4) is 0 Å². The summed E-state index contributed by atoms with van der Waals surface area (Å²) in [6.45, 7) is 5.97. The number of nitrogens with zero attached hydrogens (tertiary/aromatic N) is 2. The molecule has 0 aliphatic heterocycles. The van der Waals surface area contributed by atoms with Gasteiger partial charge >= 0.3 is 107 Å². The summed E-state index contributed by atoms with van der Waals surface area (Å²) in [6.07, 6.45) is 1.80. The van der Waals surface area contributed by atoms with Crippen molar-refractivity contribution in [3.05, 3.63) is 82.6 Å². The zero-order valence-corrected chi connectivity index (χ0v) is 18.6. The van der Waals surface area contributed by atoms with Crippen molar-refractivity contribution in [2.75, 3.05) is 0 Å². The van der Waals surface area contributed by atoms with E-state index in [-0.39, 0.29) is 18.6 Å². The average Bonchev–Trinajstić information content (AvgIpc) is 2.60. The minimum atomic E-state index is 0. The van der Waals surface area contributed by atoms with E-state index in [4.69, 9.17) is 11.6 Å². The Balaban J connectivity index is 0.000000308. The molecule has 0 radical (unpaired) electrons. The van der Waals surface area contributed by atoms with Gasteiger partial charge in [-0.15, -0.1) is 30.1 Å². The van der Waals surface area contributed by atoms with Gasteiger partial charge in [0.25, 0.3) is 0 Å². The van der Waals surface area contributed by atoms with Crippen molar-refractivity contribution in [2.45, 2.75) is 20.8 Å². The number of hydrogen-bond donors (Lipinski definition) is 1. The molecule has 2 aromatic heterocycles. The van der Waals surface area contributed by atoms with Crippen LogP contribution >= 0.6 is 24.0 Å². The summed E-state index contributed by atoms with van der Waals surface area (Å²) in [5.41, 5.74) is 5.11. The summed E-state index contributed by atoms with van der Waals surface area (Å²) in [7, 11) is 0. The molecule has 0 atom stereocenters. The molecule has 0 amide bonds. The van der Waals surface area contributed by atoms with Crippen LogP contribution in [-0.4, -0.2) is 14.4 Å². The molecule has 0 unspecified atom stereocenters. The van der Waals surface area contributed by atoms with Crippen LogP contribution in [0, 0.1) is 19.9 Å². The first-order valence-corrected chi connectivity index (χ1v) is 9.16. The van der Waals surface area contributed by atoms with Crippen molar-refractivity contribution < 1.29 is 15.6 Å². The third-order valence-corrected chi connectivity index (χ3v) is 4.38. The molecule has 2 aromatic carbocycles. The van der Waals surface area contributed by atoms with Crippen LogP contribution in [0.1, 0.15) is 23.7 Å². The van der Waals surface area contributed by atoms with E-state index >= 15 is 0 Å². The fraction of sp³-hybridized carbons (Fsp3) is 0.136. The normalized spacial score (nSPS) is 9.71. The summed E-state index contributed by atoms with van der Waals surface area (Å²) in [5.74, 6) is 0. The van der Waals surface area contributed by atoms with E-state index in [0.717, 1.165) is 37.5 Å². The number of aryl methyl sites for hydroxylation is 2. The zero-order chi connectivity index (χ0) is 18.7.